The molecule has 0 aliphatic carbocycles. The average Bonchev–Trinajstić information content (AvgIpc) is 2.61. The monoisotopic (exact) mass is 402 g/mol. The fourth-order valence-electron chi connectivity index (χ4n) is 3.26. The van der Waals surface area contributed by atoms with E-state index in [1.54, 1.807) is 0 Å². The first-order chi connectivity index (χ1) is 12.6. The van der Waals surface area contributed by atoms with Crippen LogP contribution in [0.5, 0.6) is 0 Å². The quantitative estimate of drug-likeness (QED) is 0.322. The Hall–Kier alpha value is -1.09. The van der Waals surface area contributed by atoms with E-state index in [1.165, 1.54) is 16.7 Å². The minimum absolute atomic E-state index is 0.237. The van der Waals surface area contributed by atoms with Crippen LogP contribution in [0.25, 0.3) is 11.1 Å². The van der Waals surface area contributed by atoms with Gasteiger partial charge in [-0.15, -0.1) is 11.6 Å². The standard InChI is InChI=1S/C24H35ClOSi/c1-19(26-27(5,6)24(2,3)4)18-23(16-17-25)22-14-12-21(13-15-22)20-10-8-7-9-11-20/h7-15,19,23H,16-18H2,1-6H3. The molecule has 3 heteroatoms. The Balaban J connectivity index is 2.10. The van der Waals surface area contributed by atoms with Crippen LogP contribution >= 0.6 is 11.6 Å². The van der Waals surface area contributed by atoms with E-state index in [0.29, 0.717) is 11.8 Å². The van der Waals surface area contributed by atoms with Gasteiger partial charge in [-0.3, -0.25) is 0 Å². The highest BCUT2D eigenvalue weighted by molar-refractivity contribution is 6.74. The molecule has 0 N–H and O–H groups in total. The molecule has 0 radical (unpaired) electrons. The Labute approximate surface area is 172 Å². The third-order valence-electron chi connectivity index (χ3n) is 5.87. The molecular weight excluding hydrogens is 368 g/mol. The maximum Gasteiger partial charge on any atom is 0.192 e. The van der Waals surface area contributed by atoms with Gasteiger partial charge in [0.25, 0.3) is 0 Å². The van der Waals surface area contributed by atoms with E-state index < -0.39 is 8.32 Å². The summed E-state index contributed by atoms with van der Waals surface area (Å²) in [6.07, 6.45) is 2.24. The molecule has 0 heterocycles. The van der Waals surface area contributed by atoms with E-state index in [4.69, 9.17) is 16.0 Å². The zero-order valence-corrected chi connectivity index (χ0v) is 19.5. The number of rotatable bonds is 8. The molecule has 0 fully saturated rings. The number of hydrogen-bond acceptors (Lipinski definition) is 1. The molecule has 0 saturated carbocycles. The first-order valence-electron chi connectivity index (χ1n) is 10.0. The predicted molar refractivity (Wildman–Crippen MR) is 122 cm³/mol. The SMILES string of the molecule is CC(CC(CCCl)c1ccc(-c2ccccc2)cc1)O[Si](C)(C)C(C)(C)C. The zero-order valence-electron chi connectivity index (χ0n) is 17.8. The minimum atomic E-state index is -1.74. The number of halogens is 1. The molecule has 2 aromatic rings. The highest BCUT2D eigenvalue weighted by Gasteiger charge is 2.38. The van der Waals surface area contributed by atoms with Crippen molar-refractivity contribution in [1.82, 2.24) is 0 Å². The molecule has 2 rings (SSSR count). The number of alkyl halides is 1. The maximum atomic E-state index is 6.59. The van der Waals surface area contributed by atoms with Crippen molar-refractivity contribution < 1.29 is 4.43 Å². The van der Waals surface area contributed by atoms with Gasteiger partial charge in [-0.25, -0.2) is 0 Å². The van der Waals surface area contributed by atoms with Crippen LogP contribution in [0.2, 0.25) is 18.1 Å². The van der Waals surface area contributed by atoms with Gasteiger partial charge in [0, 0.05) is 12.0 Å². The molecule has 0 aliphatic rings. The molecule has 2 atom stereocenters. The second-order valence-corrected chi connectivity index (χ2v) is 14.2. The smallest absolute Gasteiger partial charge is 0.192 e. The fourth-order valence-corrected chi connectivity index (χ4v) is 4.98. The van der Waals surface area contributed by atoms with E-state index in [0.717, 1.165) is 12.8 Å². The third kappa shape index (κ3) is 6.20. The van der Waals surface area contributed by atoms with Gasteiger partial charge >= 0.3 is 0 Å². The molecule has 27 heavy (non-hydrogen) atoms. The van der Waals surface area contributed by atoms with Crippen molar-refractivity contribution in [2.45, 2.75) is 70.7 Å². The van der Waals surface area contributed by atoms with E-state index in [1.807, 2.05) is 0 Å². The largest absolute Gasteiger partial charge is 0.414 e. The van der Waals surface area contributed by atoms with Crippen LogP contribution in [0.4, 0.5) is 0 Å². The molecule has 2 unspecified atom stereocenters. The van der Waals surface area contributed by atoms with Crippen LogP contribution in [-0.2, 0) is 4.43 Å². The fraction of sp³-hybridized carbons (Fsp3) is 0.500. The second kappa shape index (κ2) is 9.40. The molecule has 0 aliphatic heterocycles. The highest BCUT2D eigenvalue weighted by Crippen LogP contribution is 2.38. The lowest BCUT2D eigenvalue weighted by Gasteiger charge is -2.39. The van der Waals surface area contributed by atoms with Gasteiger partial charge in [-0.2, -0.15) is 0 Å². The van der Waals surface area contributed by atoms with Crippen LogP contribution in [-0.4, -0.2) is 20.3 Å². The molecular formula is C24H35ClOSi. The van der Waals surface area contributed by atoms with Crippen LogP contribution in [0.3, 0.4) is 0 Å². The number of hydrogen-bond donors (Lipinski definition) is 0. The van der Waals surface area contributed by atoms with Crippen LogP contribution in [0, 0.1) is 0 Å². The van der Waals surface area contributed by atoms with Crippen LogP contribution < -0.4 is 0 Å². The second-order valence-electron chi connectivity index (χ2n) is 9.09. The summed E-state index contributed by atoms with van der Waals surface area (Å²) in [6.45, 7) is 13.8. The van der Waals surface area contributed by atoms with Gasteiger partial charge in [0.05, 0.1) is 0 Å². The molecule has 148 valence electrons. The lowest BCUT2D eigenvalue weighted by atomic mass is 9.90. The van der Waals surface area contributed by atoms with E-state index in [9.17, 15) is 0 Å². The van der Waals surface area contributed by atoms with Gasteiger partial charge < -0.3 is 4.43 Å². The van der Waals surface area contributed by atoms with E-state index in [-0.39, 0.29) is 11.1 Å². The summed E-state index contributed by atoms with van der Waals surface area (Å²) in [4.78, 5) is 0. The zero-order chi connectivity index (χ0) is 20.1. The summed E-state index contributed by atoms with van der Waals surface area (Å²) in [5, 5.41) is 0.237. The van der Waals surface area contributed by atoms with Crippen LogP contribution in [0.1, 0.15) is 52.0 Å². The Morgan fingerprint density at radius 1 is 0.926 bits per heavy atom. The van der Waals surface area contributed by atoms with Crippen molar-refractivity contribution in [3.8, 4) is 11.1 Å². The lowest BCUT2D eigenvalue weighted by molar-refractivity contribution is 0.179. The Morgan fingerprint density at radius 3 is 2.00 bits per heavy atom. The molecule has 1 nitrogen and oxygen atoms in total. The Bertz CT molecular complexity index is 689. The summed E-state index contributed by atoms with van der Waals surface area (Å²) in [6, 6.07) is 19.5. The highest BCUT2D eigenvalue weighted by atomic mass is 35.5. The van der Waals surface area contributed by atoms with Gasteiger partial charge in [0.1, 0.15) is 0 Å². The summed E-state index contributed by atoms with van der Waals surface area (Å²) in [5.41, 5.74) is 3.88. The predicted octanol–water partition coefficient (Wildman–Crippen LogP) is 7.87. The van der Waals surface area contributed by atoms with Crippen molar-refractivity contribution in [1.29, 1.82) is 0 Å². The molecule has 0 saturated heterocycles. The molecule has 2 aromatic carbocycles. The van der Waals surface area contributed by atoms with Gasteiger partial charge in [-0.05, 0) is 60.5 Å². The molecule has 0 bridgehead atoms. The first-order valence-corrected chi connectivity index (χ1v) is 13.5. The summed E-state index contributed by atoms with van der Waals surface area (Å²) >= 11 is 6.13. The Morgan fingerprint density at radius 2 is 1.48 bits per heavy atom. The van der Waals surface area contributed by atoms with Crippen molar-refractivity contribution in [2.24, 2.45) is 0 Å². The molecule has 0 spiro atoms. The topological polar surface area (TPSA) is 9.23 Å². The van der Waals surface area contributed by atoms with Crippen molar-refractivity contribution >= 4 is 19.9 Å². The van der Waals surface area contributed by atoms with Crippen molar-refractivity contribution in [3.63, 3.8) is 0 Å². The summed E-state index contributed by atoms with van der Waals surface area (Å²) in [7, 11) is -1.74. The van der Waals surface area contributed by atoms with Gasteiger partial charge in [-0.1, -0.05) is 75.4 Å². The van der Waals surface area contributed by atoms with Gasteiger partial charge in [0.15, 0.2) is 8.32 Å². The third-order valence-corrected chi connectivity index (χ3v) is 10.7. The maximum absolute atomic E-state index is 6.59. The lowest BCUT2D eigenvalue weighted by Crippen LogP contribution is -2.43. The minimum Gasteiger partial charge on any atom is -0.414 e. The first kappa shape index (κ1) is 22.2. The van der Waals surface area contributed by atoms with E-state index in [2.05, 4.69) is 95.4 Å². The summed E-state index contributed by atoms with van der Waals surface area (Å²) < 4.78 is 6.59. The Kier molecular flexibility index (Phi) is 7.73. The van der Waals surface area contributed by atoms with Crippen molar-refractivity contribution in [2.75, 3.05) is 5.88 Å². The van der Waals surface area contributed by atoms with Crippen molar-refractivity contribution in [3.05, 3.63) is 60.2 Å². The van der Waals surface area contributed by atoms with Gasteiger partial charge in [0.2, 0.25) is 0 Å². The average molecular weight is 403 g/mol. The normalized spacial score (nSPS) is 14.8. The molecule has 0 aromatic heterocycles. The molecule has 0 amide bonds. The number of benzene rings is 2. The summed E-state index contributed by atoms with van der Waals surface area (Å²) in [5.74, 6) is 1.12. The van der Waals surface area contributed by atoms with E-state index >= 15 is 0 Å². The van der Waals surface area contributed by atoms with Crippen LogP contribution in [0.15, 0.2) is 54.6 Å².